The highest BCUT2D eigenvalue weighted by atomic mass is 127. The van der Waals surface area contributed by atoms with Gasteiger partial charge in [0, 0.05) is 27.1 Å². The molecule has 1 aliphatic carbocycles. The summed E-state index contributed by atoms with van der Waals surface area (Å²) in [6.45, 7) is 0.729. The number of hydrogen-bond acceptors (Lipinski definition) is 3. The van der Waals surface area contributed by atoms with E-state index in [1.807, 2.05) is 7.05 Å². The standard InChI is InChI=1S/C12H23N3O2.HI/c1-13-12(14-2)15-9-5-8-11(16)17-10-6-3-4-7-10;/h10H,3-9H2,1-2H3,(H2,13,14,15);1H. The maximum absolute atomic E-state index is 11.5. The zero-order valence-corrected chi connectivity index (χ0v) is 13.5. The molecular formula is C12H24IN3O2. The molecule has 1 saturated carbocycles. The number of halogens is 1. The van der Waals surface area contributed by atoms with Gasteiger partial charge in [-0.3, -0.25) is 9.79 Å². The topological polar surface area (TPSA) is 62.7 Å². The zero-order valence-electron chi connectivity index (χ0n) is 11.2. The van der Waals surface area contributed by atoms with Gasteiger partial charge in [0.15, 0.2) is 5.96 Å². The molecule has 6 heteroatoms. The number of rotatable bonds is 5. The molecule has 0 saturated heterocycles. The van der Waals surface area contributed by atoms with Crippen molar-refractivity contribution in [3.05, 3.63) is 0 Å². The molecule has 0 heterocycles. The molecule has 0 aromatic heterocycles. The Morgan fingerprint density at radius 1 is 1.39 bits per heavy atom. The number of aliphatic imine (C=N–C) groups is 1. The molecule has 0 aromatic rings. The lowest BCUT2D eigenvalue weighted by Crippen LogP contribution is -2.35. The van der Waals surface area contributed by atoms with E-state index in [-0.39, 0.29) is 36.0 Å². The average molecular weight is 369 g/mol. The fourth-order valence-corrected chi connectivity index (χ4v) is 1.97. The first-order chi connectivity index (χ1) is 8.26. The molecule has 1 fully saturated rings. The number of nitrogens with zero attached hydrogens (tertiary/aromatic N) is 1. The summed E-state index contributed by atoms with van der Waals surface area (Å²) in [4.78, 5) is 15.5. The summed E-state index contributed by atoms with van der Waals surface area (Å²) in [7, 11) is 3.52. The van der Waals surface area contributed by atoms with Crippen LogP contribution in [0.25, 0.3) is 0 Å². The number of ether oxygens (including phenoxy) is 1. The highest BCUT2D eigenvalue weighted by Crippen LogP contribution is 2.21. The second-order valence-electron chi connectivity index (χ2n) is 4.25. The van der Waals surface area contributed by atoms with Gasteiger partial charge in [0.25, 0.3) is 0 Å². The molecule has 0 atom stereocenters. The number of carbonyl (C=O) groups excluding carboxylic acids is 1. The molecule has 0 radical (unpaired) electrons. The van der Waals surface area contributed by atoms with Crippen molar-refractivity contribution in [3.63, 3.8) is 0 Å². The predicted octanol–water partition coefficient (Wildman–Crippen LogP) is 1.67. The molecule has 2 N–H and O–H groups in total. The van der Waals surface area contributed by atoms with Gasteiger partial charge in [-0.1, -0.05) is 0 Å². The van der Waals surface area contributed by atoms with Crippen molar-refractivity contribution >= 4 is 35.9 Å². The average Bonchev–Trinajstić information content (AvgIpc) is 2.82. The molecule has 0 amide bonds. The second kappa shape index (κ2) is 10.4. The van der Waals surface area contributed by atoms with Crippen molar-refractivity contribution in [3.8, 4) is 0 Å². The largest absolute Gasteiger partial charge is 0.462 e. The molecule has 0 bridgehead atoms. The Bertz CT molecular complexity index is 266. The Morgan fingerprint density at radius 3 is 2.61 bits per heavy atom. The van der Waals surface area contributed by atoms with Crippen LogP contribution < -0.4 is 10.6 Å². The minimum Gasteiger partial charge on any atom is -0.462 e. The zero-order chi connectivity index (χ0) is 12.5. The third-order valence-electron chi connectivity index (χ3n) is 2.91. The smallest absolute Gasteiger partial charge is 0.306 e. The van der Waals surface area contributed by atoms with E-state index in [4.69, 9.17) is 4.74 Å². The molecule has 0 aromatic carbocycles. The summed E-state index contributed by atoms with van der Waals surface area (Å²) in [6, 6.07) is 0. The molecule has 5 nitrogen and oxygen atoms in total. The van der Waals surface area contributed by atoms with Crippen LogP contribution in [0.2, 0.25) is 0 Å². The van der Waals surface area contributed by atoms with E-state index in [2.05, 4.69) is 15.6 Å². The Kier molecular flexibility index (Phi) is 10.1. The van der Waals surface area contributed by atoms with E-state index >= 15 is 0 Å². The Balaban J connectivity index is 0.00000289. The monoisotopic (exact) mass is 369 g/mol. The lowest BCUT2D eigenvalue weighted by molar-refractivity contribution is -0.148. The van der Waals surface area contributed by atoms with Crippen molar-refractivity contribution in [1.29, 1.82) is 0 Å². The first kappa shape index (κ1) is 17.5. The van der Waals surface area contributed by atoms with Gasteiger partial charge in [-0.15, -0.1) is 24.0 Å². The highest BCUT2D eigenvalue weighted by Gasteiger charge is 2.18. The van der Waals surface area contributed by atoms with Crippen LogP contribution in [0.4, 0.5) is 0 Å². The second-order valence-corrected chi connectivity index (χ2v) is 4.25. The van der Waals surface area contributed by atoms with Crippen LogP contribution in [0.1, 0.15) is 38.5 Å². The SMILES string of the molecule is CN=C(NC)NCCCC(=O)OC1CCCC1.I. The molecule has 0 unspecified atom stereocenters. The molecule has 1 rings (SSSR count). The van der Waals surface area contributed by atoms with Gasteiger partial charge in [0.2, 0.25) is 0 Å². The van der Waals surface area contributed by atoms with E-state index in [1.54, 1.807) is 7.05 Å². The van der Waals surface area contributed by atoms with E-state index in [1.165, 1.54) is 12.8 Å². The van der Waals surface area contributed by atoms with Gasteiger partial charge < -0.3 is 15.4 Å². The van der Waals surface area contributed by atoms with E-state index in [9.17, 15) is 4.79 Å². The van der Waals surface area contributed by atoms with E-state index in [0.717, 1.165) is 31.8 Å². The summed E-state index contributed by atoms with van der Waals surface area (Å²) in [6.07, 6.45) is 5.89. The third-order valence-corrected chi connectivity index (χ3v) is 2.91. The number of guanidine groups is 1. The van der Waals surface area contributed by atoms with Crippen LogP contribution in [0, 0.1) is 0 Å². The van der Waals surface area contributed by atoms with Crippen molar-refractivity contribution < 1.29 is 9.53 Å². The fraction of sp³-hybridized carbons (Fsp3) is 0.833. The van der Waals surface area contributed by atoms with Crippen LogP contribution in [0.3, 0.4) is 0 Å². The molecule has 106 valence electrons. The van der Waals surface area contributed by atoms with Crippen molar-refractivity contribution in [1.82, 2.24) is 10.6 Å². The fourth-order valence-electron chi connectivity index (χ4n) is 1.97. The number of nitrogens with one attached hydrogen (secondary N) is 2. The van der Waals surface area contributed by atoms with Gasteiger partial charge >= 0.3 is 5.97 Å². The van der Waals surface area contributed by atoms with Crippen molar-refractivity contribution in [2.24, 2.45) is 4.99 Å². The molecule has 18 heavy (non-hydrogen) atoms. The normalized spacial score (nSPS) is 16.0. The highest BCUT2D eigenvalue weighted by molar-refractivity contribution is 14.0. The summed E-state index contributed by atoms with van der Waals surface area (Å²) in [5.41, 5.74) is 0. The quantitative estimate of drug-likeness (QED) is 0.254. The Morgan fingerprint density at radius 2 is 2.06 bits per heavy atom. The minimum absolute atomic E-state index is 0. The maximum Gasteiger partial charge on any atom is 0.306 e. The van der Waals surface area contributed by atoms with Crippen molar-refractivity contribution in [2.45, 2.75) is 44.6 Å². The maximum atomic E-state index is 11.5. The van der Waals surface area contributed by atoms with Gasteiger partial charge in [-0.25, -0.2) is 0 Å². The summed E-state index contributed by atoms with van der Waals surface area (Å²) in [5.74, 6) is 0.673. The van der Waals surface area contributed by atoms with Gasteiger partial charge in [-0.2, -0.15) is 0 Å². The number of hydrogen-bond donors (Lipinski definition) is 2. The van der Waals surface area contributed by atoms with Crippen LogP contribution >= 0.6 is 24.0 Å². The first-order valence-electron chi connectivity index (χ1n) is 6.34. The predicted molar refractivity (Wildman–Crippen MR) is 83.4 cm³/mol. The third kappa shape index (κ3) is 7.03. The minimum atomic E-state index is -0.0712. The lowest BCUT2D eigenvalue weighted by atomic mass is 10.3. The van der Waals surface area contributed by atoms with Gasteiger partial charge in [-0.05, 0) is 32.1 Å². The number of esters is 1. The van der Waals surface area contributed by atoms with Crippen LogP contribution in [-0.2, 0) is 9.53 Å². The molecule has 0 aliphatic heterocycles. The van der Waals surface area contributed by atoms with Crippen LogP contribution in [0.15, 0.2) is 4.99 Å². The number of carbonyl (C=O) groups is 1. The van der Waals surface area contributed by atoms with Crippen molar-refractivity contribution in [2.75, 3.05) is 20.6 Å². The van der Waals surface area contributed by atoms with E-state index < -0.39 is 0 Å². The molecule has 1 aliphatic rings. The van der Waals surface area contributed by atoms with Crippen LogP contribution in [0.5, 0.6) is 0 Å². The Hall–Kier alpha value is -0.530. The van der Waals surface area contributed by atoms with Gasteiger partial charge in [0.05, 0.1) is 0 Å². The summed E-state index contributed by atoms with van der Waals surface area (Å²) < 4.78 is 5.36. The summed E-state index contributed by atoms with van der Waals surface area (Å²) in [5, 5.41) is 6.02. The summed E-state index contributed by atoms with van der Waals surface area (Å²) >= 11 is 0. The first-order valence-corrected chi connectivity index (χ1v) is 6.34. The van der Waals surface area contributed by atoms with Crippen LogP contribution in [-0.4, -0.2) is 38.7 Å². The van der Waals surface area contributed by atoms with Gasteiger partial charge in [0.1, 0.15) is 6.10 Å². The lowest BCUT2D eigenvalue weighted by Gasteiger charge is -2.11. The molecular weight excluding hydrogens is 345 g/mol. The van der Waals surface area contributed by atoms with E-state index in [0.29, 0.717) is 6.42 Å². The Labute approximate surface area is 126 Å². The molecule has 0 spiro atoms.